The van der Waals surface area contributed by atoms with Crippen molar-refractivity contribution >= 4 is 0 Å². The highest BCUT2D eigenvalue weighted by Crippen LogP contribution is 2.70. The minimum absolute atomic E-state index is 0.106. The lowest BCUT2D eigenvalue weighted by Gasteiger charge is -2.61. The first-order chi connectivity index (χ1) is 29.0. The van der Waals surface area contributed by atoms with Gasteiger partial charge < -0.3 is 84.2 Å². The van der Waals surface area contributed by atoms with E-state index in [1.165, 1.54) is 12.0 Å². The van der Waals surface area contributed by atoms with E-state index in [0.717, 1.165) is 63.5 Å². The molecule has 0 bridgehead atoms. The molecular formula is C44H72O17. The third-order valence-corrected chi connectivity index (χ3v) is 17.0. The van der Waals surface area contributed by atoms with Crippen LogP contribution in [-0.2, 0) is 33.2 Å². The van der Waals surface area contributed by atoms with Gasteiger partial charge in [0, 0.05) is 12.3 Å². The second-order valence-electron chi connectivity index (χ2n) is 20.4. The van der Waals surface area contributed by atoms with Crippen LogP contribution in [0.1, 0.15) is 91.9 Å². The maximum atomic E-state index is 11.1. The predicted octanol–water partition coefficient (Wildman–Crippen LogP) is -0.191. The summed E-state index contributed by atoms with van der Waals surface area (Å²) in [6.45, 7) is 8.20. The van der Waals surface area contributed by atoms with Gasteiger partial charge >= 0.3 is 0 Å². The van der Waals surface area contributed by atoms with Crippen LogP contribution in [-0.4, -0.2) is 176 Å². The number of ether oxygens (including phenoxy) is 7. The van der Waals surface area contributed by atoms with Gasteiger partial charge in [0.1, 0.15) is 73.2 Å². The van der Waals surface area contributed by atoms with Crippen LogP contribution in [0, 0.1) is 46.3 Å². The van der Waals surface area contributed by atoms with Crippen LogP contribution in [0.3, 0.4) is 0 Å². The van der Waals surface area contributed by atoms with Crippen molar-refractivity contribution in [1.29, 1.82) is 0 Å². The molecule has 0 radical (unpaired) electrons. The highest BCUT2D eigenvalue weighted by atomic mass is 16.7. The molecule has 0 aromatic carbocycles. The van der Waals surface area contributed by atoms with Crippen molar-refractivity contribution in [3.8, 4) is 0 Å². The van der Waals surface area contributed by atoms with Crippen molar-refractivity contribution in [1.82, 2.24) is 0 Å². The van der Waals surface area contributed by atoms with Crippen LogP contribution < -0.4 is 0 Å². The SMILES string of the molecule is CC1=C(CCC(C)COC2OC(CO)C(O)C(O)C2O)OC2CC3C4CCC5CC(OC6OC(CO)C(OC7OCC(O)C(O)C7O)C(O)C6O)CCC5(C)C4CCC3(C)C12. The average molecular weight is 873 g/mol. The van der Waals surface area contributed by atoms with Crippen molar-refractivity contribution in [2.45, 2.75) is 190 Å². The molecule has 8 rings (SSSR count). The molecule has 7 fully saturated rings. The molecule has 350 valence electrons. The largest absolute Gasteiger partial charge is 0.494 e. The van der Waals surface area contributed by atoms with Crippen molar-refractivity contribution < 1.29 is 84.2 Å². The maximum Gasteiger partial charge on any atom is 0.186 e. The molecule has 17 heteroatoms. The molecule has 61 heavy (non-hydrogen) atoms. The standard InChI is InChI=1S/C44H72O17/c1-19(17-55-40-37(53)34(50)33(49)29(15-45)59-40)5-8-27-20(2)31-28(58-27)14-25-23-7-6-21-13-22(9-11-43(21,3)24(23)10-12-44(25,31)4)57-42-38(54)35(51)39(30(16-46)60-42)61-41-36(52)32(48)26(47)18-56-41/h19,21-26,28-42,45-54H,5-18H2,1-4H3. The Balaban J connectivity index is 0.837. The second-order valence-corrected chi connectivity index (χ2v) is 20.4. The van der Waals surface area contributed by atoms with Gasteiger partial charge in [-0.15, -0.1) is 0 Å². The molecular weight excluding hydrogens is 800 g/mol. The molecule has 24 atom stereocenters. The lowest BCUT2D eigenvalue weighted by Crippen LogP contribution is -2.63. The van der Waals surface area contributed by atoms with Crippen LogP contribution in [0.2, 0.25) is 0 Å². The third-order valence-electron chi connectivity index (χ3n) is 17.0. The topological polar surface area (TPSA) is 267 Å². The third kappa shape index (κ3) is 8.37. The fourth-order valence-electron chi connectivity index (χ4n) is 13.4. The van der Waals surface area contributed by atoms with Crippen LogP contribution in [0.4, 0.5) is 0 Å². The molecule has 0 amide bonds. The summed E-state index contributed by atoms with van der Waals surface area (Å²) in [5, 5.41) is 103. The Labute approximate surface area is 357 Å². The van der Waals surface area contributed by atoms with E-state index >= 15 is 0 Å². The van der Waals surface area contributed by atoms with E-state index in [4.69, 9.17) is 33.2 Å². The second kappa shape index (κ2) is 18.3. The molecule has 4 aliphatic carbocycles. The number of aliphatic hydroxyl groups excluding tert-OH is 10. The summed E-state index contributed by atoms with van der Waals surface area (Å²) in [6.07, 6.45) is -9.26. The Morgan fingerprint density at radius 3 is 2.13 bits per heavy atom. The van der Waals surface area contributed by atoms with E-state index in [0.29, 0.717) is 29.6 Å². The van der Waals surface area contributed by atoms with Gasteiger partial charge in [-0.2, -0.15) is 0 Å². The molecule has 24 unspecified atom stereocenters. The van der Waals surface area contributed by atoms with E-state index in [1.54, 1.807) is 0 Å². The first-order valence-electron chi connectivity index (χ1n) is 22.9. The lowest BCUT2D eigenvalue weighted by atomic mass is 9.44. The van der Waals surface area contributed by atoms with Gasteiger partial charge in [0.25, 0.3) is 0 Å². The molecule has 4 saturated carbocycles. The summed E-state index contributed by atoms with van der Waals surface area (Å²) in [4.78, 5) is 0. The first kappa shape index (κ1) is 46.4. The molecule has 3 saturated heterocycles. The van der Waals surface area contributed by atoms with Gasteiger partial charge in [0.15, 0.2) is 18.9 Å². The van der Waals surface area contributed by atoms with Gasteiger partial charge in [-0.3, -0.25) is 0 Å². The zero-order valence-corrected chi connectivity index (χ0v) is 35.9. The number of rotatable bonds is 12. The van der Waals surface area contributed by atoms with Gasteiger partial charge in [-0.25, -0.2) is 0 Å². The summed E-state index contributed by atoms with van der Waals surface area (Å²) in [5.41, 5.74) is 1.66. The van der Waals surface area contributed by atoms with Crippen LogP contribution in [0.25, 0.3) is 0 Å². The maximum absolute atomic E-state index is 11.1. The molecule has 0 aromatic heterocycles. The zero-order chi connectivity index (χ0) is 43.7. The summed E-state index contributed by atoms with van der Waals surface area (Å²) < 4.78 is 41.6. The molecule has 4 heterocycles. The van der Waals surface area contributed by atoms with Crippen LogP contribution in [0.5, 0.6) is 0 Å². The lowest BCUT2D eigenvalue weighted by molar-refractivity contribution is -0.354. The molecule has 10 N–H and O–H groups in total. The van der Waals surface area contributed by atoms with E-state index in [-0.39, 0.29) is 42.2 Å². The van der Waals surface area contributed by atoms with E-state index in [2.05, 4.69) is 27.7 Å². The minimum Gasteiger partial charge on any atom is -0.494 e. The quantitative estimate of drug-likeness (QED) is 0.114. The summed E-state index contributed by atoms with van der Waals surface area (Å²) >= 11 is 0. The Morgan fingerprint density at radius 1 is 0.705 bits per heavy atom. The molecule has 8 aliphatic rings. The van der Waals surface area contributed by atoms with E-state index < -0.39 is 99.2 Å². The Bertz CT molecular complexity index is 1530. The monoisotopic (exact) mass is 872 g/mol. The summed E-state index contributed by atoms with van der Waals surface area (Å²) in [7, 11) is 0. The predicted molar refractivity (Wildman–Crippen MR) is 212 cm³/mol. The molecule has 0 aromatic rings. The Morgan fingerprint density at radius 2 is 1.39 bits per heavy atom. The van der Waals surface area contributed by atoms with Gasteiger partial charge in [-0.1, -0.05) is 20.8 Å². The fraction of sp³-hybridized carbons (Fsp3) is 0.955. The van der Waals surface area contributed by atoms with Crippen molar-refractivity contribution in [2.24, 2.45) is 46.3 Å². The fourth-order valence-corrected chi connectivity index (χ4v) is 13.4. The molecule has 4 aliphatic heterocycles. The average Bonchev–Trinajstić information content (AvgIpc) is 3.73. The summed E-state index contributed by atoms with van der Waals surface area (Å²) in [6, 6.07) is 0. The van der Waals surface area contributed by atoms with Crippen LogP contribution >= 0.6 is 0 Å². The number of allylic oxidation sites excluding steroid dienone is 1. The number of hydrogen-bond donors (Lipinski definition) is 10. The van der Waals surface area contributed by atoms with E-state index in [1.807, 2.05) is 0 Å². The Hall–Kier alpha value is -1.10. The van der Waals surface area contributed by atoms with Crippen molar-refractivity contribution in [2.75, 3.05) is 26.4 Å². The highest BCUT2D eigenvalue weighted by molar-refractivity contribution is 5.26. The zero-order valence-electron chi connectivity index (χ0n) is 35.9. The highest BCUT2D eigenvalue weighted by Gasteiger charge is 2.65. The van der Waals surface area contributed by atoms with Crippen molar-refractivity contribution in [3.05, 3.63) is 11.3 Å². The van der Waals surface area contributed by atoms with Gasteiger partial charge in [0.05, 0.1) is 38.3 Å². The normalized spacial score (nSPS) is 52.8. The first-order valence-corrected chi connectivity index (χ1v) is 22.9. The smallest absolute Gasteiger partial charge is 0.186 e. The van der Waals surface area contributed by atoms with Gasteiger partial charge in [-0.05, 0) is 111 Å². The van der Waals surface area contributed by atoms with E-state index in [9.17, 15) is 51.1 Å². The van der Waals surface area contributed by atoms with Crippen LogP contribution in [0.15, 0.2) is 11.3 Å². The minimum atomic E-state index is -1.61. The number of hydrogen-bond acceptors (Lipinski definition) is 17. The molecule has 0 spiro atoms. The summed E-state index contributed by atoms with van der Waals surface area (Å²) in [5.74, 6) is 3.76. The van der Waals surface area contributed by atoms with Gasteiger partial charge in [0.2, 0.25) is 0 Å². The number of fused-ring (bicyclic) bond motifs is 7. The number of aliphatic hydroxyl groups is 10. The molecule has 17 nitrogen and oxygen atoms in total. The van der Waals surface area contributed by atoms with Crippen molar-refractivity contribution in [3.63, 3.8) is 0 Å². The Kier molecular flexibility index (Phi) is 13.9.